The summed E-state index contributed by atoms with van der Waals surface area (Å²) in [6, 6.07) is 9.86. The van der Waals surface area contributed by atoms with E-state index in [4.69, 9.17) is 9.47 Å². The Hall–Kier alpha value is -2.98. The quantitative estimate of drug-likeness (QED) is 0.514. The summed E-state index contributed by atoms with van der Waals surface area (Å²) >= 11 is 1.18. The standard InChI is InChI=1S/C22H24N2O4S/c1-5-11-28-22(26)19-15(4)24-21(29-13-18(25)27-6-2)17(12-23)20(19)16-9-7-14(3)8-10-16/h5,7-10,20,24H,1,6,11,13H2,2-4H3/t20-/m1/s1. The van der Waals surface area contributed by atoms with Crippen LogP contribution in [0, 0.1) is 18.3 Å². The molecule has 1 heterocycles. The van der Waals surface area contributed by atoms with Gasteiger partial charge in [0.1, 0.15) is 6.61 Å². The van der Waals surface area contributed by atoms with Crippen LogP contribution in [0.2, 0.25) is 0 Å². The van der Waals surface area contributed by atoms with Crippen LogP contribution in [0.25, 0.3) is 0 Å². The van der Waals surface area contributed by atoms with Gasteiger partial charge in [-0.05, 0) is 26.3 Å². The molecule has 29 heavy (non-hydrogen) atoms. The molecule has 0 bridgehead atoms. The number of nitrogens with one attached hydrogen (secondary N) is 1. The van der Waals surface area contributed by atoms with Gasteiger partial charge >= 0.3 is 11.9 Å². The fraction of sp³-hybridized carbons (Fsp3) is 0.318. The fourth-order valence-electron chi connectivity index (χ4n) is 2.94. The molecule has 7 heteroatoms. The normalized spacial score (nSPS) is 16.0. The molecule has 0 saturated carbocycles. The van der Waals surface area contributed by atoms with Crippen molar-refractivity contribution >= 4 is 23.7 Å². The summed E-state index contributed by atoms with van der Waals surface area (Å²) in [6.45, 7) is 9.39. The highest BCUT2D eigenvalue weighted by molar-refractivity contribution is 8.03. The Morgan fingerprint density at radius 2 is 1.97 bits per heavy atom. The van der Waals surface area contributed by atoms with Crippen LogP contribution in [0.1, 0.15) is 30.9 Å². The van der Waals surface area contributed by atoms with Crippen LogP contribution in [0.3, 0.4) is 0 Å². The molecule has 2 rings (SSSR count). The zero-order valence-corrected chi connectivity index (χ0v) is 17.6. The molecule has 1 atom stereocenters. The van der Waals surface area contributed by atoms with E-state index in [0.29, 0.717) is 28.5 Å². The number of nitrogens with zero attached hydrogens (tertiary/aromatic N) is 1. The second-order valence-electron chi connectivity index (χ2n) is 6.34. The largest absolute Gasteiger partial charge is 0.465 e. The number of carbonyl (C=O) groups is 2. The van der Waals surface area contributed by atoms with Crippen molar-refractivity contribution in [2.24, 2.45) is 0 Å². The minimum Gasteiger partial charge on any atom is -0.465 e. The summed E-state index contributed by atoms with van der Waals surface area (Å²) in [4.78, 5) is 24.5. The molecule has 0 amide bonds. The van der Waals surface area contributed by atoms with Gasteiger partial charge < -0.3 is 14.8 Å². The molecule has 1 N–H and O–H groups in total. The second kappa shape index (κ2) is 10.5. The number of hydrogen-bond acceptors (Lipinski definition) is 7. The zero-order chi connectivity index (χ0) is 21.4. The molecule has 1 aliphatic heterocycles. The van der Waals surface area contributed by atoms with E-state index in [1.807, 2.05) is 31.2 Å². The van der Waals surface area contributed by atoms with Crippen LogP contribution in [0.4, 0.5) is 0 Å². The number of ether oxygens (including phenoxy) is 2. The van der Waals surface area contributed by atoms with Crippen molar-refractivity contribution in [3.63, 3.8) is 0 Å². The van der Waals surface area contributed by atoms with E-state index in [9.17, 15) is 14.9 Å². The highest BCUT2D eigenvalue weighted by atomic mass is 32.2. The van der Waals surface area contributed by atoms with Gasteiger partial charge in [-0.1, -0.05) is 54.2 Å². The minimum absolute atomic E-state index is 0.0610. The number of benzene rings is 1. The molecule has 0 saturated heterocycles. The number of rotatable bonds is 8. The molecule has 1 aliphatic rings. The lowest BCUT2D eigenvalue weighted by molar-refractivity contribution is -0.140. The van der Waals surface area contributed by atoms with Crippen molar-refractivity contribution in [3.05, 3.63) is 69.9 Å². The van der Waals surface area contributed by atoms with Crippen molar-refractivity contribution in [1.29, 1.82) is 5.26 Å². The first-order valence-corrected chi connectivity index (χ1v) is 10.2. The predicted molar refractivity (Wildman–Crippen MR) is 113 cm³/mol. The third-order valence-electron chi connectivity index (χ3n) is 4.25. The van der Waals surface area contributed by atoms with Crippen LogP contribution < -0.4 is 5.32 Å². The van der Waals surface area contributed by atoms with Gasteiger partial charge in [0.25, 0.3) is 0 Å². The predicted octanol–water partition coefficient (Wildman–Crippen LogP) is 3.72. The lowest BCUT2D eigenvalue weighted by Gasteiger charge is -2.29. The summed E-state index contributed by atoms with van der Waals surface area (Å²) in [5.41, 5.74) is 3.17. The number of carbonyl (C=O) groups excluding carboxylic acids is 2. The molecule has 0 unspecified atom stereocenters. The van der Waals surface area contributed by atoms with Crippen LogP contribution in [0.5, 0.6) is 0 Å². The third-order valence-corrected chi connectivity index (χ3v) is 5.24. The summed E-state index contributed by atoms with van der Waals surface area (Å²) in [5, 5.41) is 13.5. The minimum atomic E-state index is -0.594. The van der Waals surface area contributed by atoms with E-state index in [0.717, 1.165) is 11.1 Å². The van der Waals surface area contributed by atoms with Crippen LogP contribution in [0.15, 0.2) is 58.8 Å². The topological polar surface area (TPSA) is 88.4 Å². The number of allylic oxidation sites excluding steroid dienone is 2. The number of thioether (sulfide) groups is 1. The fourth-order valence-corrected chi connectivity index (χ4v) is 3.83. The third kappa shape index (κ3) is 5.52. The highest BCUT2D eigenvalue weighted by Crippen LogP contribution is 2.41. The van der Waals surface area contributed by atoms with Gasteiger partial charge in [0.2, 0.25) is 0 Å². The SMILES string of the molecule is C=CCOC(=O)C1=C(C)NC(SCC(=O)OCC)=C(C#N)[C@H]1c1ccc(C)cc1. The zero-order valence-electron chi connectivity index (χ0n) is 16.8. The smallest absolute Gasteiger partial charge is 0.337 e. The van der Waals surface area contributed by atoms with Crippen molar-refractivity contribution in [2.75, 3.05) is 19.0 Å². The van der Waals surface area contributed by atoms with E-state index in [1.54, 1.807) is 13.8 Å². The Labute approximate surface area is 175 Å². The van der Waals surface area contributed by atoms with Crippen molar-refractivity contribution < 1.29 is 19.1 Å². The van der Waals surface area contributed by atoms with Crippen LogP contribution >= 0.6 is 11.8 Å². The molecule has 0 spiro atoms. The lowest BCUT2D eigenvalue weighted by atomic mass is 9.82. The highest BCUT2D eigenvalue weighted by Gasteiger charge is 2.35. The molecule has 6 nitrogen and oxygen atoms in total. The molecule has 1 aromatic rings. The van der Waals surface area contributed by atoms with Gasteiger partial charge in [0.15, 0.2) is 0 Å². The van der Waals surface area contributed by atoms with Gasteiger partial charge in [-0.2, -0.15) is 5.26 Å². The average molecular weight is 413 g/mol. The maximum absolute atomic E-state index is 12.8. The van der Waals surface area contributed by atoms with Gasteiger partial charge in [-0.15, -0.1) is 0 Å². The Kier molecular flexibility index (Phi) is 8.10. The Bertz CT molecular complexity index is 894. The number of esters is 2. The Morgan fingerprint density at radius 3 is 2.55 bits per heavy atom. The van der Waals surface area contributed by atoms with E-state index in [1.165, 1.54) is 17.8 Å². The monoisotopic (exact) mass is 412 g/mol. The molecule has 0 radical (unpaired) electrons. The van der Waals surface area contributed by atoms with Crippen LogP contribution in [-0.2, 0) is 19.1 Å². The van der Waals surface area contributed by atoms with Gasteiger partial charge in [-0.3, -0.25) is 4.79 Å². The molecule has 0 aliphatic carbocycles. The van der Waals surface area contributed by atoms with Gasteiger partial charge in [0.05, 0.1) is 40.5 Å². The first kappa shape index (κ1) is 22.3. The Morgan fingerprint density at radius 1 is 1.28 bits per heavy atom. The lowest BCUT2D eigenvalue weighted by Crippen LogP contribution is -2.29. The molecule has 1 aromatic carbocycles. The van der Waals surface area contributed by atoms with E-state index in [-0.39, 0.29) is 18.3 Å². The number of dihydropyridines is 1. The molecule has 0 aromatic heterocycles. The van der Waals surface area contributed by atoms with E-state index in [2.05, 4.69) is 18.0 Å². The van der Waals surface area contributed by atoms with Crippen molar-refractivity contribution in [3.8, 4) is 6.07 Å². The maximum atomic E-state index is 12.8. The number of aryl methyl sites for hydroxylation is 1. The Balaban J connectivity index is 2.48. The second-order valence-corrected chi connectivity index (χ2v) is 7.33. The number of nitriles is 1. The van der Waals surface area contributed by atoms with E-state index >= 15 is 0 Å². The molecular weight excluding hydrogens is 388 g/mol. The van der Waals surface area contributed by atoms with E-state index < -0.39 is 11.9 Å². The molecule has 0 fully saturated rings. The van der Waals surface area contributed by atoms with Crippen molar-refractivity contribution in [1.82, 2.24) is 5.32 Å². The average Bonchev–Trinajstić information content (AvgIpc) is 2.70. The number of hydrogen-bond donors (Lipinski definition) is 1. The maximum Gasteiger partial charge on any atom is 0.337 e. The van der Waals surface area contributed by atoms with Crippen LogP contribution in [-0.4, -0.2) is 30.9 Å². The molecule has 152 valence electrons. The summed E-state index contributed by atoms with van der Waals surface area (Å²) in [6.07, 6.45) is 1.49. The van der Waals surface area contributed by atoms with Gasteiger partial charge in [-0.25, -0.2) is 4.79 Å². The summed E-state index contributed by atoms with van der Waals surface area (Å²) in [7, 11) is 0. The van der Waals surface area contributed by atoms with Crippen molar-refractivity contribution in [2.45, 2.75) is 26.7 Å². The van der Waals surface area contributed by atoms with Gasteiger partial charge in [0, 0.05) is 5.70 Å². The first-order chi connectivity index (χ1) is 13.9. The summed E-state index contributed by atoms with van der Waals surface area (Å²) in [5.74, 6) is -1.41. The molecular formula is C22H24N2O4S. The summed E-state index contributed by atoms with van der Waals surface area (Å²) < 4.78 is 10.2. The first-order valence-electron chi connectivity index (χ1n) is 9.17.